The molecule has 0 radical (unpaired) electrons. The van der Waals surface area contributed by atoms with Crippen LogP contribution in [-0.4, -0.2) is 5.91 Å². The van der Waals surface area contributed by atoms with Gasteiger partial charge < -0.3 is 5.32 Å². The lowest BCUT2D eigenvalue weighted by molar-refractivity contribution is -0.115. The van der Waals surface area contributed by atoms with Crippen molar-refractivity contribution >= 4 is 39.1 Å². The summed E-state index contributed by atoms with van der Waals surface area (Å²) in [5.41, 5.74) is 4.01. The van der Waals surface area contributed by atoms with E-state index in [9.17, 15) is 4.79 Å². The number of rotatable bonds is 3. The zero-order valence-corrected chi connectivity index (χ0v) is 13.7. The number of halogens is 2. The predicted molar refractivity (Wildman–Crippen MR) is 87.4 cm³/mol. The summed E-state index contributed by atoms with van der Waals surface area (Å²) in [6, 6.07) is 11.4. The number of amides is 1. The smallest absolute Gasteiger partial charge is 0.228 e. The number of carbonyl (C=O) groups excluding carboxylic acids is 1. The van der Waals surface area contributed by atoms with Crippen LogP contribution in [0.1, 0.15) is 16.7 Å². The molecule has 0 spiro atoms. The normalized spacial score (nSPS) is 10.4. The summed E-state index contributed by atoms with van der Waals surface area (Å²) in [6.45, 7) is 4.03. The van der Waals surface area contributed by atoms with Crippen molar-refractivity contribution < 1.29 is 4.79 Å². The minimum Gasteiger partial charge on any atom is -0.325 e. The zero-order valence-electron chi connectivity index (χ0n) is 11.3. The molecule has 0 aliphatic carbocycles. The first kappa shape index (κ1) is 15.1. The number of carbonyl (C=O) groups is 1. The van der Waals surface area contributed by atoms with E-state index in [0.717, 1.165) is 21.2 Å². The van der Waals surface area contributed by atoms with Crippen LogP contribution in [0.2, 0.25) is 5.02 Å². The van der Waals surface area contributed by atoms with Gasteiger partial charge in [-0.1, -0.05) is 35.4 Å². The Bertz CT molecular complexity index is 599. The number of hydrogen-bond acceptors (Lipinski definition) is 1. The highest BCUT2D eigenvalue weighted by Crippen LogP contribution is 2.26. The molecule has 0 saturated carbocycles. The largest absolute Gasteiger partial charge is 0.325 e. The number of anilines is 1. The fourth-order valence-electron chi connectivity index (χ4n) is 1.95. The molecule has 2 aromatic rings. The SMILES string of the molecule is Cc1ccc(C)c(CC(=O)Nc2cc(Cl)ccc2Br)c1. The van der Waals surface area contributed by atoms with E-state index < -0.39 is 0 Å². The molecule has 2 aromatic carbocycles. The molecule has 0 aliphatic rings. The van der Waals surface area contributed by atoms with Crippen LogP contribution in [0.3, 0.4) is 0 Å². The summed E-state index contributed by atoms with van der Waals surface area (Å²) >= 11 is 9.33. The van der Waals surface area contributed by atoms with Crippen LogP contribution in [-0.2, 0) is 11.2 Å². The zero-order chi connectivity index (χ0) is 14.7. The molecule has 2 rings (SSSR count). The third-order valence-corrected chi connectivity index (χ3v) is 3.98. The highest BCUT2D eigenvalue weighted by atomic mass is 79.9. The molecule has 0 aromatic heterocycles. The van der Waals surface area contributed by atoms with Crippen LogP contribution in [0.15, 0.2) is 40.9 Å². The van der Waals surface area contributed by atoms with Crippen molar-refractivity contribution in [3.05, 3.63) is 62.6 Å². The Morgan fingerprint density at radius 3 is 2.70 bits per heavy atom. The van der Waals surface area contributed by atoms with E-state index in [1.165, 1.54) is 0 Å². The van der Waals surface area contributed by atoms with E-state index >= 15 is 0 Å². The Kier molecular flexibility index (Phi) is 4.84. The highest BCUT2D eigenvalue weighted by molar-refractivity contribution is 9.10. The Morgan fingerprint density at radius 2 is 1.95 bits per heavy atom. The van der Waals surface area contributed by atoms with Crippen LogP contribution < -0.4 is 5.32 Å². The van der Waals surface area contributed by atoms with Crippen molar-refractivity contribution in [2.24, 2.45) is 0 Å². The summed E-state index contributed by atoms with van der Waals surface area (Å²) in [7, 11) is 0. The first-order valence-electron chi connectivity index (χ1n) is 6.27. The topological polar surface area (TPSA) is 29.1 Å². The van der Waals surface area contributed by atoms with Gasteiger partial charge >= 0.3 is 0 Å². The molecule has 0 aliphatic heterocycles. The molecular formula is C16H15BrClNO. The lowest BCUT2D eigenvalue weighted by Gasteiger charge is -2.10. The Morgan fingerprint density at radius 1 is 1.20 bits per heavy atom. The Labute approximate surface area is 132 Å². The second-order valence-corrected chi connectivity index (χ2v) is 6.07. The molecule has 0 atom stereocenters. The van der Waals surface area contributed by atoms with Crippen molar-refractivity contribution in [2.45, 2.75) is 20.3 Å². The van der Waals surface area contributed by atoms with Crippen molar-refractivity contribution in [2.75, 3.05) is 5.32 Å². The van der Waals surface area contributed by atoms with E-state index in [-0.39, 0.29) is 5.91 Å². The van der Waals surface area contributed by atoms with Gasteiger partial charge in [0.2, 0.25) is 5.91 Å². The summed E-state index contributed by atoms with van der Waals surface area (Å²) in [6.07, 6.45) is 0.354. The summed E-state index contributed by atoms with van der Waals surface area (Å²) in [4.78, 5) is 12.1. The standard InChI is InChI=1S/C16H15BrClNO/c1-10-3-4-11(2)12(7-10)8-16(20)19-15-9-13(18)5-6-14(15)17/h3-7,9H,8H2,1-2H3,(H,19,20). The maximum absolute atomic E-state index is 12.1. The molecular weight excluding hydrogens is 338 g/mol. The van der Waals surface area contributed by atoms with E-state index in [2.05, 4.69) is 21.2 Å². The Balaban J connectivity index is 2.13. The average molecular weight is 353 g/mol. The highest BCUT2D eigenvalue weighted by Gasteiger charge is 2.09. The summed E-state index contributed by atoms with van der Waals surface area (Å²) in [5, 5.41) is 3.47. The number of nitrogens with one attached hydrogen (secondary N) is 1. The van der Waals surface area contributed by atoms with Gasteiger partial charge in [-0.05, 0) is 59.1 Å². The van der Waals surface area contributed by atoms with Crippen molar-refractivity contribution in [3.8, 4) is 0 Å². The average Bonchev–Trinajstić information content (AvgIpc) is 2.38. The molecule has 20 heavy (non-hydrogen) atoms. The maximum atomic E-state index is 12.1. The number of benzene rings is 2. The van der Waals surface area contributed by atoms with Gasteiger partial charge in [-0.3, -0.25) is 4.79 Å². The van der Waals surface area contributed by atoms with E-state index in [4.69, 9.17) is 11.6 Å². The van der Waals surface area contributed by atoms with E-state index in [1.54, 1.807) is 12.1 Å². The molecule has 1 N–H and O–H groups in total. The quantitative estimate of drug-likeness (QED) is 0.836. The maximum Gasteiger partial charge on any atom is 0.228 e. The second-order valence-electron chi connectivity index (χ2n) is 4.78. The molecule has 2 nitrogen and oxygen atoms in total. The predicted octanol–water partition coefficient (Wildman–Crippen LogP) is 4.90. The third kappa shape index (κ3) is 3.84. The summed E-state index contributed by atoms with van der Waals surface area (Å²) < 4.78 is 0.816. The summed E-state index contributed by atoms with van der Waals surface area (Å²) in [5.74, 6) is -0.0540. The lowest BCUT2D eigenvalue weighted by atomic mass is 10.0. The molecule has 0 heterocycles. The van der Waals surface area contributed by atoms with Crippen LogP contribution >= 0.6 is 27.5 Å². The van der Waals surface area contributed by atoms with Crippen LogP contribution in [0, 0.1) is 13.8 Å². The second kappa shape index (κ2) is 6.42. The fraction of sp³-hybridized carbons (Fsp3) is 0.188. The first-order valence-corrected chi connectivity index (χ1v) is 7.44. The van der Waals surface area contributed by atoms with Crippen molar-refractivity contribution in [1.29, 1.82) is 0 Å². The van der Waals surface area contributed by atoms with Gasteiger partial charge in [-0.25, -0.2) is 0 Å². The van der Waals surface area contributed by atoms with Gasteiger partial charge in [0.1, 0.15) is 0 Å². The van der Waals surface area contributed by atoms with Gasteiger partial charge in [0.05, 0.1) is 12.1 Å². The van der Waals surface area contributed by atoms with E-state index in [1.807, 2.05) is 38.1 Å². The van der Waals surface area contributed by atoms with Gasteiger partial charge in [-0.15, -0.1) is 0 Å². The number of hydrogen-bond donors (Lipinski definition) is 1. The minimum atomic E-state index is -0.0540. The lowest BCUT2D eigenvalue weighted by Crippen LogP contribution is -2.15. The minimum absolute atomic E-state index is 0.0540. The van der Waals surface area contributed by atoms with Crippen molar-refractivity contribution in [1.82, 2.24) is 0 Å². The molecule has 0 bridgehead atoms. The van der Waals surface area contributed by atoms with Gasteiger partial charge in [-0.2, -0.15) is 0 Å². The van der Waals surface area contributed by atoms with Crippen molar-refractivity contribution in [3.63, 3.8) is 0 Å². The molecule has 0 unspecified atom stereocenters. The van der Waals surface area contributed by atoms with Crippen LogP contribution in [0.4, 0.5) is 5.69 Å². The van der Waals surface area contributed by atoms with Crippen LogP contribution in [0.5, 0.6) is 0 Å². The molecule has 1 amide bonds. The third-order valence-electron chi connectivity index (χ3n) is 3.06. The van der Waals surface area contributed by atoms with Gasteiger partial charge in [0, 0.05) is 9.50 Å². The molecule has 0 fully saturated rings. The van der Waals surface area contributed by atoms with E-state index in [0.29, 0.717) is 17.1 Å². The van der Waals surface area contributed by atoms with Crippen LogP contribution in [0.25, 0.3) is 0 Å². The number of aryl methyl sites for hydroxylation is 2. The molecule has 104 valence electrons. The first-order chi connectivity index (χ1) is 9.45. The van der Waals surface area contributed by atoms with Gasteiger partial charge in [0.25, 0.3) is 0 Å². The van der Waals surface area contributed by atoms with Gasteiger partial charge in [0.15, 0.2) is 0 Å². The monoisotopic (exact) mass is 351 g/mol. The molecule has 4 heteroatoms. The Hall–Kier alpha value is -1.32. The molecule has 0 saturated heterocycles. The fourth-order valence-corrected chi connectivity index (χ4v) is 2.47.